The van der Waals surface area contributed by atoms with Gasteiger partial charge in [-0.1, -0.05) is 18.2 Å². The number of halogens is 3. The molecule has 1 amide bonds. The minimum Gasteiger partial charge on any atom is -0.321 e. The molecule has 3 rings (SSSR count). The molecule has 0 bridgehead atoms. The molecule has 0 saturated heterocycles. The zero-order valence-electron chi connectivity index (χ0n) is 14.4. The maximum absolute atomic E-state index is 12.5. The average Bonchev–Trinajstić information content (AvgIpc) is 2.67. The predicted octanol–water partition coefficient (Wildman–Crippen LogP) is 2.02. The number of rotatable bonds is 5. The van der Waals surface area contributed by atoms with Crippen LogP contribution in [0.25, 0.3) is 10.8 Å². The Hall–Kier alpha value is -3.25. The second-order valence-electron chi connectivity index (χ2n) is 5.87. The number of aromatic amines is 1. The number of carbonyl (C=O) groups is 1. The molecule has 0 spiro atoms. The third-order valence-corrected chi connectivity index (χ3v) is 5.21. The smallest absolute Gasteiger partial charge is 0.321 e. The summed E-state index contributed by atoms with van der Waals surface area (Å²) in [7, 11) is -4.36. The summed E-state index contributed by atoms with van der Waals surface area (Å²) in [4.78, 5) is 23.9. The van der Waals surface area contributed by atoms with Crippen molar-refractivity contribution in [2.24, 2.45) is 0 Å². The molecule has 29 heavy (non-hydrogen) atoms. The summed E-state index contributed by atoms with van der Waals surface area (Å²) in [5.41, 5.74) is -0.330. The molecule has 0 aliphatic carbocycles. The van der Waals surface area contributed by atoms with Crippen LogP contribution in [-0.4, -0.2) is 37.2 Å². The molecular weight excluding hydrogens is 413 g/mol. The van der Waals surface area contributed by atoms with Gasteiger partial charge in [0.25, 0.3) is 11.5 Å². The van der Waals surface area contributed by atoms with E-state index >= 15 is 0 Å². The van der Waals surface area contributed by atoms with Crippen molar-refractivity contribution < 1.29 is 26.4 Å². The van der Waals surface area contributed by atoms with Crippen LogP contribution >= 0.6 is 0 Å². The number of carbonyl (C=O) groups excluding carboxylic acids is 1. The summed E-state index contributed by atoms with van der Waals surface area (Å²) in [6.45, 7) is -1.70. The highest BCUT2D eigenvalue weighted by atomic mass is 32.2. The zero-order chi connectivity index (χ0) is 21.2. The largest absolute Gasteiger partial charge is 0.402 e. The van der Waals surface area contributed by atoms with Crippen LogP contribution < -0.4 is 15.6 Å². The molecule has 8 nitrogen and oxygen atoms in total. The SMILES string of the molecule is O=C(Nc1ccc(S(=O)(=O)NCC(F)(F)F)cc1)c1n[nH]c(=O)c2ccccc12. The maximum Gasteiger partial charge on any atom is 0.402 e. The summed E-state index contributed by atoms with van der Waals surface area (Å²) < 4.78 is 61.8. The molecule has 12 heteroatoms. The fourth-order valence-electron chi connectivity index (χ4n) is 2.46. The van der Waals surface area contributed by atoms with Gasteiger partial charge >= 0.3 is 6.18 Å². The predicted molar refractivity (Wildman–Crippen MR) is 98.0 cm³/mol. The number of nitrogens with zero attached hydrogens (tertiary/aromatic N) is 1. The first-order valence-electron chi connectivity index (χ1n) is 8.02. The molecule has 0 aliphatic heterocycles. The Labute approximate surface area is 161 Å². The first-order valence-corrected chi connectivity index (χ1v) is 9.50. The van der Waals surface area contributed by atoms with Crippen molar-refractivity contribution in [2.45, 2.75) is 11.1 Å². The second-order valence-corrected chi connectivity index (χ2v) is 7.63. The van der Waals surface area contributed by atoms with Gasteiger partial charge in [0.15, 0.2) is 5.69 Å². The summed E-state index contributed by atoms with van der Waals surface area (Å²) in [6, 6.07) is 10.9. The Kier molecular flexibility index (Phi) is 5.40. The van der Waals surface area contributed by atoms with Gasteiger partial charge in [0, 0.05) is 11.1 Å². The molecule has 2 aromatic carbocycles. The van der Waals surface area contributed by atoms with Crippen LogP contribution in [-0.2, 0) is 10.0 Å². The van der Waals surface area contributed by atoms with Crippen LogP contribution in [0.3, 0.4) is 0 Å². The van der Waals surface area contributed by atoms with Crippen LogP contribution in [0.1, 0.15) is 10.5 Å². The minimum absolute atomic E-state index is 0.0521. The number of fused-ring (bicyclic) bond motifs is 1. The molecule has 0 radical (unpaired) electrons. The van der Waals surface area contributed by atoms with E-state index < -0.39 is 39.1 Å². The van der Waals surface area contributed by atoms with E-state index in [1.807, 2.05) is 0 Å². The van der Waals surface area contributed by atoms with Gasteiger partial charge in [0.2, 0.25) is 10.0 Å². The monoisotopic (exact) mass is 426 g/mol. The highest BCUT2D eigenvalue weighted by Crippen LogP contribution is 2.18. The Balaban J connectivity index is 1.79. The van der Waals surface area contributed by atoms with Crippen molar-refractivity contribution in [2.75, 3.05) is 11.9 Å². The lowest BCUT2D eigenvalue weighted by Crippen LogP contribution is -2.33. The minimum atomic E-state index is -4.69. The van der Waals surface area contributed by atoms with E-state index in [0.29, 0.717) is 5.39 Å². The van der Waals surface area contributed by atoms with Crippen molar-refractivity contribution in [3.05, 3.63) is 64.6 Å². The number of sulfonamides is 1. The van der Waals surface area contributed by atoms with E-state index in [0.717, 1.165) is 12.1 Å². The molecule has 1 aromatic heterocycles. The number of alkyl halides is 3. The van der Waals surface area contributed by atoms with Gasteiger partial charge in [-0.15, -0.1) is 0 Å². The fourth-order valence-corrected chi connectivity index (χ4v) is 3.47. The Morgan fingerprint density at radius 1 is 1.03 bits per heavy atom. The van der Waals surface area contributed by atoms with Gasteiger partial charge in [-0.2, -0.15) is 18.3 Å². The van der Waals surface area contributed by atoms with Crippen molar-refractivity contribution in [1.29, 1.82) is 0 Å². The lowest BCUT2D eigenvalue weighted by atomic mass is 10.1. The molecule has 0 atom stereocenters. The summed E-state index contributed by atoms with van der Waals surface area (Å²) in [5.74, 6) is -0.664. The highest BCUT2D eigenvalue weighted by molar-refractivity contribution is 7.89. The number of hydrogen-bond donors (Lipinski definition) is 3. The Bertz CT molecular complexity index is 1220. The molecule has 1 heterocycles. The first kappa shape index (κ1) is 20.5. The van der Waals surface area contributed by atoms with E-state index in [1.165, 1.54) is 22.9 Å². The summed E-state index contributed by atoms with van der Waals surface area (Å²) in [6.07, 6.45) is -4.69. The number of anilines is 1. The molecular formula is C17H13F3N4O4S. The number of H-pyrrole nitrogens is 1. The van der Waals surface area contributed by atoms with Gasteiger partial charge in [-0.25, -0.2) is 18.2 Å². The fraction of sp³-hybridized carbons (Fsp3) is 0.118. The number of aromatic nitrogens is 2. The highest BCUT2D eigenvalue weighted by Gasteiger charge is 2.30. The molecule has 0 unspecified atom stereocenters. The third kappa shape index (κ3) is 4.78. The van der Waals surface area contributed by atoms with Gasteiger partial charge in [-0.3, -0.25) is 9.59 Å². The quantitative estimate of drug-likeness (QED) is 0.576. The van der Waals surface area contributed by atoms with Crippen molar-refractivity contribution in [3.63, 3.8) is 0 Å². The van der Waals surface area contributed by atoms with E-state index in [9.17, 15) is 31.2 Å². The summed E-state index contributed by atoms with van der Waals surface area (Å²) >= 11 is 0. The van der Waals surface area contributed by atoms with Crippen LogP contribution in [0.2, 0.25) is 0 Å². The molecule has 0 fully saturated rings. The zero-order valence-corrected chi connectivity index (χ0v) is 15.3. The van der Waals surface area contributed by atoms with E-state index in [-0.39, 0.29) is 16.8 Å². The van der Waals surface area contributed by atoms with Crippen LogP contribution in [0, 0.1) is 0 Å². The molecule has 0 saturated carbocycles. The topological polar surface area (TPSA) is 121 Å². The van der Waals surface area contributed by atoms with Gasteiger partial charge in [0.1, 0.15) is 6.54 Å². The third-order valence-electron chi connectivity index (χ3n) is 3.80. The lowest BCUT2D eigenvalue weighted by molar-refractivity contribution is -0.121. The van der Waals surface area contributed by atoms with Crippen LogP contribution in [0.4, 0.5) is 18.9 Å². The maximum atomic E-state index is 12.5. The molecule has 0 aliphatic rings. The van der Waals surface area contributed by atoms with Crippen molar-refractivity contribution in [1.82, 2.24) is 14.9 Å². The van der Waals surface area contributed by atoms with Gasteiger partial charge < -0.3 is 5.32 Å². The number of nitrogens with one attached hydrogen (secondary N) is 3. The number of amides is 1. The number of hydrogen-bond acceptors (Lipinski definition) is 5. The standard InChI is InChI=1S/C17H13F3N4O4S/c18-17(19,20)9-21-29(27,28)11-7-5-10(6-8-11)22-16(26)14-12-3-1-2-4-13(12)15(25)24-23-14/h1-8,21H,9H2,(H,22,26)(H,24,25). The number of benzene rings is 2. The average molecular weight is 426 g/mol. The van der Waals surface area contributed by atoms with E-state index in [4.69, 9.17) is 0 Å². The Morgan fingerprint density at radius 3 is 2.28 bits per heavy atom. The second kappa shape index (κ2) is 7.64. The van der Waals surface area contributed by atoms with Gasteiger partial charge in [0.05, 0.1) is 10.3 Å². The van der Waals surface area contributed by atoms with E-state index in [1.54, 1.807) is 18.2 Å². The van der Waals surface area contributed by atoms with Crippen LogP contribution in [0.5, 0.6) is 0 Å². The molecule has 3 N–H and O–H groups in total. The van der Waals surface area contributed by atoms with Crippen molar-refractivity contribution >= 4 is 32.4 Å². The van der Waals surface area contributed by atoms with Gasteiger partial charge in [-0.05, 0) is 30.3 Å². The molecule has 152 valence electrons. The lowest BCUT2D eigenvalue weighted by Gasteiger charge is -2.10. The van der Waals surface area contributed by atoms with Crippen LogP contribution in [0.15, 0.2) is 58.2 Å². The normalized spacial score (nSPS) is 12.1. The summed E-state index contributed by atoms with van der Waals surface area (Å²) in [5, 5.41) is 9.04. The Morgan fingerprint density at radius 2 is 1.66 bits per heavy atom. The first-order chi connectivity index (χ1) is 13.6. The van der Waals surface area contributed by atoms with Crippen molar-refractivity contribution in [3.8, 4) is 0 Å². The molecule has 3 aromatic rings. The van der Waals surface area contributed by atoms with E-state index in [2.05, 4.69) is 15.5 Å².